The molecule has 104 valence electrons. The predicted octanol–water partition coefficient (Wildman–Crippen LogP) is 2.34. The molecule has 0 radical (unpaired) electrons. The summed E-state index contributed by atoms with van der Waals surface area (Å²) >= 11 is 0. The smallest absolute Gasteiger partial charge is 0.340 e. The van der Waals surface area contributed by atoms with Crippen LogP contribution in [0.1, 0.15) is 21.6 Å². The SMILES string of the molecule is COc1cccc(COC(=O)c2cccc(C)c2N)n1. The molecule has 5 nitrogen and oxygen atoms in total. The molecule has 1 aromatic heterocycles. The molecule has 0 spiro atoms. The Balaban J connectivity index is 2.06. The Morgan fingerprint density at radius 2 is 2.00 bits per heavy atom. The van der Waals surface area contributed by atoms with Crippen LogP contribution in [-0.4, -0.2) is 18.1 Å². The third-order valence-electron chi connectivity index (χ3n) is 2.89. The molecular formula is C15H16N2O3. The zero-order valence-electron chi connectivity index (χ0n) is 11.4. The number of para-hydroxylation sites is 1. The molecule has 0 aliphatic carbocycles. The standard InChI is InChI=1S/C15H16N2O3/c1-10-5-3-7-12(14(10)16)15(18)20-9-11-6-4-8-13(17-11)19-2/h3-8H,9,16H2,1-2H3. The van der Waals surface area contributed by atoms with Gasteiger partial charge in [-0.2, -0.15) is 0 Å². The second kappa shape index (κ2) is 6.06. The maximum absolute atomic E-state index is 12.0. The summed E-state index contributed by atoms with van der Waals surface area (Å²) in [5.41, 5.74) is 8.13. The third kappa shape index (κ3) is 3.06. The fourth-order valence-corrected chi connectivity index (χ4v) is 1.73. The molecule has 0 saturated heterocycles. The van der Waals surface area contributed by atoms with Crippen LogP contribution in [0.5, 0.6) is 5.88 Å². The summed E-state index contributed by atoms with van der Waals surface area (Å²) in [5.74, 6) is 0.0180. The number of carbonyl (C=O) groups is 1. The molecule has 0 fully saturated rings. The summed E-state index contributed by atoms with van der Waals surface area (Å²) in [5, 5.41) is 0. The lowest BCUT2D eigenvalue weighted by molar-refractivity contribution is 0.0468. The molecule has 0 bridgehead atoms. The molecular weight excluding hydrogens is 256 g/mol. The number of aryl methyl sites for hydroxylation is 1. The fourth-order valence-electron chi connectivity index (χ4n) is 1.73. The van der Waals surface area contributed by atoms with Crippen molar-refractivity contribution in [3.63, 3.8) is 0 Å². The van der Waals surface area contributed by atoms with Crippen molar-refractivity contribution in [2.75, 3.05) is 12.8 Å². The van der Waals surface area contributed by atoms with Gasteiger partial charge < -0.3 is 15.2 Å². The zero-order chi connectivity index (χ0) is 14.5. The van der Waals surface area contributed by atoms with E-state index in [0.717, 1.165) is 5.56 Å². The van der Waals surface area contributed by atoms with Gasteiger partial charge in [-0.3, -0.25) is 0 Å². The van der Waals surface area contributed by atoms with Crippen LogP contribution in [0.3, 0.4) is 0 Å². The van der Waals surface area contributed by atoms with Crippen LogP contribution in [0.15, 0.2) is 36.4 Å². The number of nitrogens with zero attached hydrogens (tertiary/aromatic N) is 1. The number of nitrogen functional groups attached to an aromatic ring is 1. The van der Waals surface area contributed by atoms with Crippen molar-refractivity contribution in [1.29, 1.82) is 0 Å². The van der Waals surface area contributed by atoms with E-state index in [1.807, 2.05) is 13.0 Å². The summed E-state index contributed by atoms with van der Waals surface area (Å²) in [4.78, 5) is 16.2. The lowest BCUT2D eigenvalue weighted by Gasteiger charge is -2.09. The Bertz CT molecular complexity index is 626. The first-order chi connectivity index (χ1) is 9.61. The maximum atomic E-state index is 12.0. The molecule has 0 unspecified atom stereocenters. The van der Waals surface area contributed by atoms with Crippen LogP contribution in [0.4, 0.5) is 5.69 Å². The van der Waals surface area contributed by atoms with E-state index in [1.165, 1.54) is 7.11 Å². The topological polar surface area (TPSA) is 74.4 Å². The number of carbonyl (C=O) groups excluding carboxylic acids is 1. The van der Waals surface area contributed by atoms with Crippen molar-refractivity contribution in [2.45, 2.75) is 13.5 Å². The van der Waals surface area contributed by atoms with Gasteiger partial charge in [-0.1, -0.05) is 18.2 Å². The van der Waals surface area contributed by atoms with Crippen LogP contribution in [-0.2, 0) is 11.3 Å². The fraction of sp³-hybridized carbons (Fsp3) is 0.200. The summed E-state index contributed by atoms with van der Waals surface area (Å²) in [6, 6.07) is 10.5. The van der Waals surface area contributed by atoms with Gasteiger partial charge in [0.25, 0.3) is 0 Å². The average Bonchev–Trinajstić information content (AvgIpc) is 2.48. The third-order valence-corrected chi connectivity index (χ3v) is 2.89. The number of rotatable bonds is 4. The quantitative estimate of drug-likeness (QED) is 0.683. The van der Waals surface area contributed by atoms with Crippen LogP contribution in [0.25, 0.3) is 0 Å². The normalized spacial score (nSPS) is 10.1. The van der Waals surface area contributed by atoms with E-state index in [4.69, 9.17) is 15.2 Å². The average molecular weight is 272 g/mol. The van der Waals surface area contributed by atoms with Crippen molar-refractivity contribution in [3.8, 4) is 5.88 Å². The van der Waals surface area contributed by atoms with Crippen LogP contribution in [0.2, 0.25) is 0 Å². The van der Waals surface area contributed by atoms with Crippen LogP contribution < -0.4 is 10.5 Å². The summed E-state index contributed by atoms with van der Waals surface area (Å²) in [7, 11) is 1.53. The van der Waals surface area contributed by atoms with Gasteiger partial charge in [0.1, 0.15) is 6.61 Å². The van der Waals surface area contributed by atoms with Gasteiger partial charge in [0.05, 0.1) is 18.4 Å². The first-order valence-electron chi connectivity index (χ1n) is 6.14. The largest absolute Gasteiger partial charge is 0.481 e. The van der Waals surface area contributed by atoms with Crippen LogP contribution in [0, 0.1) is 6.92 Å². The minimum Gasteiger partial charge on any atom is -0.481 e. The first kappa shape index (κ1) is 13.9. The Morgan fingerprint density at radius 1 is 1.25 bits per heavy atom. The highest BCUT2D eigenvalue weighted by Crippen LogP contribution is 2.18. The zero-order valence-corrected chi connectivity index (χ0v) is 11.4. The van der Waals surface area contributed by atoms with Gasteiger partial charge in [-0.25, -0.2) is 9.78 Å². The maximum Gasteiger partial charge on any atom is 0.340 e. The number of aromatic nitrogens is 1. The molecule has 1 aromatic carbocycles. The molecule has 2 aromatic rings. The molecule has 0 saturated carbocycles. The number of anilines is 1. The first-order valence-corrected chi connectivity index (χ1v) is 6.14. The molecule has 2 rings (SSSR count). The Hall–Kier alpha value is -2.56. The molecule has 0 aliphatic rings. The van der Waals surface area contributed by atoms with Crippen molar-refractivity contribution in [2.24, 2.45) is 0 Å². The molecule has 0 amide bonds. The molecule has 2 N–H and O–H groups in total. The van der Waals surface area contributed by atoms with E-state index in [1.54, 1.807) is 30.3 Å². The minimum absolute atomic E-state index is 0.0728. The summed E-state index contributed by atoms with van der Waals surface area (Å²) < 4.78 is 10.2. The molecule has 20 heavy (non-hydrogen) atoms. The lowest BCUT2D eigenvalue weighted by atomic mass is 10.1. The van der Waals surface area contributed by atoms with Crippen molar-refractivity contribution >= 4 is 11.7 Å². The van der Waals surface area contributed by atoms with Crippen molar-refractivity contribution in [1.82, 2.24) is 4.98 Å². The minimum atomic E-state index is -0.462. The number of nitrogens with two attached hydrogens (primary N) is 1. The van der Waals surface area contributed by atoms with E-state index in [9.17, 15) is 4.79 Å². The number of hydrogen-bond donors (Lipinski definition) is 1. The van der Waals surface area contributed by atoms with Gasteiger partial charge in [0.15, 0.2) is 0 Å². The summed E-state index contributed by atoms with van der Waals surface area (Å²) in [6.07, 6.45) is 0. The number of hydrogen-bond acceptors (Lipinski definition) is 5. The van der Waals surface area contributed by atoms with E-state index in [0.29, 0.717) is 22.8 Å². The Morgan fingerprint density at radius 3 is 2.75 bits per heavy atom. The second-order valence-corrected chi connectivity index (χ2v) is 4.28. The van der Waals surface area contributed by atoms with Gasteiger partial charge >= 0.3 is 5.97 Å². The molecule has 0 aliphatic heterocycles. The lowest BCUT2D eigenvalue weighted by Crippen LogP contribution is -2.09. The predicted molar refractivity (Wildman–Crippen MR) is 75.5 cm³/mol. The van der Waals surface area contributed by atoms with E-state index < -0.39 is 5.97 Å². The van der Waals surface area contributed by atoms with E-state index in [2.05, 4.69) is 4.98 Å². The monoisotopic (exact) mass is 272 g/mol. The van der Waals surface area contributed by atoms with Gasteiger partial charge in [-0.05, 0) is 24.6 Å². The number of methoxy groups -OCH3 is 1. The Labute approximate surface area is 117 Å². The van der Waals surface area contributed by atoms with E-state index >= 15 is 0 Å². The molecule has 5 heteroatoms. The van der Waals surface area contributed by atoms with Crippen molar-refractivity contribution in [3.05, 3.63) is 53.2 Å². The number of esters is 1. The number of benzene rings is 1. The Kier molecular flexibility index (Phi) is 4.20. The number of ether oxygens (including phenoxy) is 2. The van der Waals surface area contributed by atoms with Gasteiger partial charge in [-0.15, -0.1) is 0 Å². The number of pyridine rings is 1. The molecule has 1 heterocycles. The highest BCUT2D eigenvalue weighted by Gasteiger charge is 2.12. The van der Waals surface area contributed by atoms with Gasteiger partial charge in [0, 0.05) is 11.8 Å². The molecule has 0 atom stereocenters. The highest BCUT2D eigenvalue weighted by atomic mass is 16.5. The summed E-state index contributed by atoms with van der Waals surface area (Å²) in [6.45, 7) is 1.92. The van der Waals surface area contributed by atoms with Gasteiger partial charge in [0.2, 0.25) is 5.88 Å². The van der Waals surface area contributed by atoms with E-state index in [-0.39, 0.29) is 6.61 Å². The van der Waals surface area contributed by atoms with Crippen molar-refractivity contribution < 1.29 is 14.3 Å². The highest BCUT2D eigenvalue weighted by molar-refractivity contribution is 5.95. The van der Waals surface area contributed by atoms with Crippen LogP contribution >= 0.6 is 0 Å². The second-order valence-electron chi connectivity index (χ2n) is 4.28.